The van der Waals surface area contributed by atoms with Gasteiger partial charge in [-0.2, -0.15) is 0 Å². The molecule has 0 aliphatic carbocycles. The summed E-state index contributed by atoms with van der Waals surface area (Å²) in [6, 6.07) is -0.219. The number of carbonyl (C=O) groups excluding carboxylic acids is 1. The zero-order chi connectivity index (χ0) is 18.3. The van der Waals surface area contributed by atoms with Crippen LogP contribution in [0.15, 0.2) is 0 Å². The first-order valence-corrected chi connectivity index (χ1v) is 9.24. The summed E-state index contributed by atoms with van der Waals surface area (Å²) in [5.74, 6) is 0. The molecule has 2 aromatic heterocycles. The van der Waals surface area contributed by atoms with Crippen LogP contribution in [0.1, 0.15) is 51.6 Å². The second-order valence-electron chi connectivity index (χ2n) is 7.68. The molecule has 2 amide bonds. The lowest BCUT2D eigenvalue weighted by Gasteiger charge is -2.20. The number of urea groups is 1. The molecule has 0 unspecified atom stereocenters. The third-order valence-corrected chi connectivity index (χ3v) is 6.11. The number of carbonyl (C=O) groups is 1. The fourth-order valence-corrected chi connectivity index (χ4v) is 3.41. The van der Waals surface area contributed by atoms with Crippen molar-refractivity contribution in [1.29, 1.82) is 0 Å². The van der Waals surface area contributed by atoms with Crippen molar-refractivity contribution in [2.45, 2.75) is 52.4 Å². The van der Waals surface area contributed by atoms with Crippen molar-refractivity contribution in [3.05, 3.63) is 10.0 Å². The van der Waals surface area contributed by atoms with Gasteiger partial charge in [-0.15, -0.1) is 20.4 Å². The van der Waals surface area contributed by atoms with Gasteiger partial charge in [-0.05, 0) is 0 Å². The molecule has 0 saturated heterocycles. The van der Waals surface area contributed by atoms with E-state index in [4.69, 9.17) is 0 Å². The Morgan fingerprint density at radius 1 is 0.750 bits per heavy atom. The summed E-state index contributed by atoms with van der Waals surface area (Å²) in [4.78, 5) is 15.7. The highest BCUT2D eigenvalue weighted by atomic mass is 32.1. The molecule has 0 aromatic carbocycles. The second-order valence-corrected chi connectivity index (χ2v) is 9.59. The van der Waals surface area contributed by atoms with E-state index >= 15 is 0 Å². The maximum absolute atomic E-state index is 12.7. The van der Waals surface area contributed by atoms with Gasteiger partial charge in [0.15, 0.2) is 0 Å². The summed E-state index contributed by atoms with van der Waals surface area (Å²) in [6.45, 7) is 12.4. The minimum absolute atomic E-state index is 0.0907. The molecule has 7 nitrogen and oxygen atoms in total. The molecule has 0 N–H and O–H groups in total. The Morgan fingerprint density at radius 3 is 1.33 bits per heavy atom. The standard InChI is InChI=1S/C15H24N6OS2/c1-14(2,3)9-16-18-11(23-9)20(7)13(22)21(8)12-19-17-10(24-12)15(4,5)6/h1-8H3. The van der Waals surface area contributed by atoms with Crippen LogP contribution in [-0.4, -0.2) is 40.5 Å². The van der Waals surface area contributed by atoms with Crippen LogP contribution in [0, 0.1) is 0 Å². The molecule has 0 radical (unpaired) electrons. The van der Waals surface area contributed by atoms with E-state index in [2.05, 4.69) is 61.9 Å². The molecule has 0 spiro atoms. The zero-order valence-corrected chi connectivity index (χ0v) is 17.0. The topological polar surface area (TPSA) is 75.1 Å². The lowest BCUT2D eigenvalue weighted by Crippen LogP contribution is -2.38. The first-order valence-electron chi connectivity index (χ1n) is 7.60. The van der Waals surface area contributed by atoms with Gasteiger partial charge in [-0.3, -0.25) is 9.80 Å². The van der Waals surface area contributed by atoms with Crippen molar-refractivity contribution in [3.8, 4) is 0 Å². The average molecular weight is 369 g/mol. The van der Waals surface area contributed by atoms with E-state index in [1.54, 1.807) is 14.1 Å². The molecule has 0 atom stereocenters. The molecule has 0 aliphatic heterocycles. The molecule has 0 bridgehead atoms. The van der Waals surface area contributed by atoms with Crippen molar-refractivity contribution in [3.63, 3.8) is 0 Å². The number of nitrogens with zero attached hydrogens (tertiary/aromatic N) is 6. The number of amides is 2. The molecule has 2 aromatic rings. The molecule has 132 valence electrons. The predicted molar refractivity (Wildman–Crippen MR) is 99.4 cm³/mol. The van der Waals surface area contributed by atoms with Gasteiger partial charge in [0, 0.05) is 24.9 Å². The van der Waals surface area contributed by atoms with Crippen molar-refractivity contribution in [1.82, 2.24) is 20.4 Å². The number of anilines is 2. The number of rotatable bonds is 2. The van der Waals surface area contributed by atoms with Crippen LogP contribution < -0.4 is 9.80 Å². The van der Waals surface area contributed by atoms with E-state index in [-0.39, 0.29) is 16.9 Å². The van der Waals surface area contributed by atoms with E-state index in [1.165, 1.54) is 32.5 Å². The highest BCUT2D eigenvalue weighted by Gasteiger charge is 2.27. The summed E-state index contributed by atoms with van der Waals surface area (Å²) < 4.78 is 0. The third kappa shape index (κ3) is 3.89. The van der Waals surface area contributed by atoms with Gasteiger partial charge in [-0.25, -0.2) is 4.79 Å². The lowest BCUT2D eigenvalue weighted by atomic mass is 9.98. The Morgan fingerprint density at radius 2 is 1.08 bits per heavy atom. The van der Waals surface area contributed by atoms with Gasteiger partial charge in [0.25, 0.3) is 0 Å². The monoisotopic (exact) mass is 368 g/mol. The molecule has 0 aliphatic rings. The smallest absolute Gasteiger partial charge is 0.271 e. The zero-order valence-electron chi connectivity index (χ0n) is 15.4. The third-order valence-electron chi connectivity index (χ3n) is 3.26. The Kier molecular flexibility index (Phi) is 4.96. The number of aromatic nitrogens is 4. The molecule has 0 fully saturated rings. The Labute approximate surface area is 150 Å². The first-order chi connectivity index (χ1) is 10.9. The summed E-state index contributed by atoms with van der Waals surface area (Å²) in [5.41, 5.74) is -0.181. The molecule has 24 heavy (non-hydrogen) atoms. The van der Waals surface area contributed by atoms with E-state index in [0.29, 0.717) is 10.3 Å². The maximum atomic E-state index is 12.7. The van der Waals surface area contributed by atoms with Crippen LogP contribution in [0.2, 0.25) is 0 Å². The minimum Gasteiger partial charge on any atom is -0.271 e. The summed E-state index contributed by atoms with van der Waals surface area (Å²) in [7, 11) is 3.38. The summed E-state index contributed by atoms with van der Waals surface area (Å²) >= 11 is 2.84. The van der Waals surface area contributed by atoms with Crippen LogP contribution in [0.4, 0.5) is 15.1 Å². The molecular formula is C15H24N6OS2. The summed E-state index contributed by atoms with van der Waals surface area (Å²) in [6.07, 6.45) is 0. The molecule has 9 heteroatoms. The van der Waals surface area contributed by atoms with Gasteiger partial charge in [-0.1, -0.05) is 64.2 Å². The van der Waals surface area contributed by atoms with Crippen molar-refractivity contribution >= 4 is 39.0 Å². The quantitative estimate of drug-likeness (QED) is 0.808. The fraction of sp³-hybridized carbons (Fsp3) is 0.667. The second kappa shape index (κ2) is 6.36. The fourth-order valence-electron chi connectivity index (χ4n) is 1.70. The Hall–Kier alpha value is -1.61. The molecular weight excluding hydrogens is 344 g/mol. The lowest BCUT2D eigenvalue weighted by molar-refractivity contribution is 0.253. The first kappa shape index (κ1) is 18.7. The van der Waals surface area contributed by atoms with Crippen molar-refractivity contribution in [2.24, 2.45) is 0 Å². The van der Waals surface area contributed by atoms with E-state index < -0.39 is 0 Å². The van der Waals surface area contributed by atoms with Gasteiger partial charge in [0.1, 0.15) is 10.0 Å². The van der Waals surface area contributed by atoms with Crippen LogP contribution in [-0.2, 0) is 10.8 Å². The maximum Gasteiger partial charge on any atom is 0.332 e. The highest BCUT2D eigenvalue weighted by molar-refractivity contribution is 7.16. The van der Waals surface area contributed by atoms with Crippen LogP contribution in [0.3, 0.4) is 0 Å². The average Bonchev–Trinajstić information content (AvgIpc) is 3.12. The van der Waals surface area contributed by atoms with Gasteiger partial charge in [0.05, 0.1) is 0 Å². The SMILES string of the molecule is CN(C(=O)N(C)c1nnc(C(C)(C)C)s1)c1nnc(C(C)(C)C)s1. The van der Waals surface area contributed by atoms with Gasteiger partial charge in [0.2, 0.25) is 10.3 Å². The summed E-state index contributed by atoms with van der Waals surface area (Å²) in [5, 5.41) is 19.6. The predicted octanol–water partition coefficient (Wildman–Crippen LogP) is 3.68. The van der Waals surface area contributed by atoms with E-state index in [9.17, 15) is 4.79 Å². The van der Waals surface area contributed by atoms with Crippen molar-refractivity contribution in [2.75, 3.05) is 23.9 Å². The molecule has 2 heterocycles. The van der Waals surface area contributed by atoms with Crippen molar-refractivity contribution < 1.29 is 4.79 Å². The Balaban J connectivity index is 2.18. The number of hydrogen-bond donors (Lipinski definition) is 0. The van der Waals surface area contributed by atoms with Gasteiger partial charge < -0.3 is 0 Å². The van der Waals surface area contributed by atoms with Gasteiger partial charge >= 0.3 is 6.03 Å². The Bertz CT molecular complexity index is 665. The molecule has 0 saturated carbocycles. The van der Waals surface area contributed by atoms with Crippen LogP contribution >= 0.6 is 22.7 Å². The number of hydrogen-bond acceptors (Lipinski definition) is 7. The molecule has 2 rings (SSSR count). The van der Waals surface area contributed by atoms with Crippen LogP contribution in [0.25, 0.3) is 0 Å². The van der Waals surface area contributed by atoms with E-state index in [1.807, 2.05) is 0 Å². The largest absolute Gasteiger partial charge is 0.332 e. The van der Waals surface area contributed by atoms with E-state index in [0.717, 1.165) is 10.0 Å². The highest BCUT2D eigenvalue weighted by Crippen LogP contribution is 2.32. The minimum atomic E-state index is -0.219. The van der Waals surface area contributed by atoms with Crippen LogP contribution in [0.5, 0.6) is 0 Å². The normalized spacial score (nSPS) is 12.3.